The zero-order chi connectivity index (χ0) is 30.9. The largest absolute Gasteiger partial charge is 0.507 e. The third kappa shape index (κ3) is 4.26. The van der Waals surface area contributed by atoms with Crippen molar-refractivity contribution in [1.82, 2.24) is 4.90 Å². The number of phenolic OH excluding ortho intramolecular Hbond substituents is 1. The molecule has 1 unspecified atom stereocenters. The molecule has 10 heteroatoms. The van der Waals surface area contributed by atoms with E-state index in [1.54, 1.807) is 30.0 Å². The number of amides is 1. The highest BCUT2D eigenvalue weighted by atomic mass is 32.2. The zero-order valence-corrected chi connectivity index (χ0v) is 24.4. The monoisotopic (exact) mass is 616 g/mol. The topological polar surface area (TPSA) is 129 Å². The molecule has 4 atom stereocenters. The van der Waals surface area contributed by atoms with E-state index in [0.717, 1.165) is 16.0 Å². The number of carbonyl (C=O) groups excluding carboxylic acids is 3. The van der Waals surface area contributed by atoms with Crippen LogP contribution in [-0.4, -0.2) is 63.4 Å². The Bertz CT molecular complexity index is 2000. The summed E-state index contributed by atoms with van der Waals surface area (Å²) < 4.78 is 11.5. The lowest BCUT2D eigenvalue weighted by Crippen LogP contribution is -2.42. The number of fused-ring (bicyclic) bond motifs is 5. The van der Waals surface area contributed by atoms with Gasteiger partial charge in [-0.2, -0.15) is 0 Å². The number of hydrogen-bond acceptors (Lipinski definition) is 9. The van der Waals surface area contributed by atoms with Crippen LogP contribution in [0.4, 0.5) is 10.5 Å². The number of allylic oxidation sites excluding steroid dienone is 2. The van der Waals surface area contributed by atoms with Gasteiger partial charge in [0.2, 0.25) is 0 Å². The van der Waals surface area contributed by atoms with Crippen LogP contribution in [0.15, 0.2) is 65.6 Å². The number of epoxide rings is 1. The quantitative estimate of drug-likeness (QED) is 0.103. The number of aliphatic hydroxyl groups is 1. The Hall–Kier alpha value is -5.00. The summed E-state index contributed by atoms with van der Waals surface area (Å²) in [5, 5.41) is 25.5. The Labute approximate surface area is 262 Å². The molecule has 5 aliphatic rings. The summed E-state index contributed by atoms with van der Waals surface area (Å²) in [4.78, 5) is 43.6. The van der Waals surface area contributed by atoms with E-state index >= 15 is 0 Å². The fourth-order valence-corrected chi connectivity index (χ4v) is 7.33. The van der Waals surface area contributed by atoms with E-state index in [1.165, 1.54) is 17.0 Å². The van der Waals surface area contributed by atoms with Crippen LogP contribution in [0, 0.1) is 23.7 Å². The lowest BCUT2D eigenvalue weighted by molar-refractivity contribution is 0.0975. The molecule has 9 nitrogen and oxygen atoms in total. The summed E-state index contributed by atoms with van der Waals surface area (Å²) in [5.74, 6) is 10.7. The summed E-state index contributed by atoms with van der Waals surface area (Å²) in [5.41, 5.74) is 0.991. The van der Waals surface area contributed by atoms with Crippen molar-refractivity contribution < 1.29 is 34.1 Å². The maximum atomic E-state index is 14.2. The number of phenols is 1. The number of carbonyl (C=O) groups is 3. The van der Waals surface area contributed by atoms with Crippen LogP contribution in [0.25, 0.3) is 0 Å². The molecule has 3 heterocycles. The summed E-state index contributed by atoms with van der Waals surface area (Å²) in [6.45, 7) is 0.695. The van der Waals surface area contributed by atoms with Gasteiger partial charge < -0.3 is 25.0 Å². The molecule has 8 rings (SSSR count). The van der Waals surface area contributed by atoms with Crippen LogP contribution < -0.4 is 5.32 Å². The number of aromatic hydroxyl groups is 1. The molecular weight excluding hydrogens is 592 g/mol. The Kier molecular flexibility index (Phi) is 6.29. The Morgan fingerprint density at radius 2 is 1.71 bits per heavy atom. The number of benzene rings is 3. The molecule has 3 aromatic rings. The van der Waals surface area contributed by atoms with E-state index in [2.05, 4.69) is 29.0 Å². The third-order valence-corrected chi connectivity index (χ3v) is 9.69. The minimum absolute atomic E-state index is 0.000476. The summed E-state index contributed by atoms with van der Waals surface area (Å²) in [6.07, 6.45) is 0.780. The van der Waals surface area contributed by atoms with Crippen LogP contribution in [-0.2, 0) is 28.2 Å². The standard InChI is InChI=1S/C35H24N2O7S/c38-26-16-24-30(36-25-10-6-1-2-7-11-27(39)35(24)33(25)44-35)29-28(26)31(40)22-14-19-17-37(18-20(19)15-23(22)32(29)41)34(42)43-12-13-45-21-8-4-3-5-9-21/h1-5,8-9,14-16,25,27,33,36,38-39H,12-13,17-18H2/b2-1-/t25-,27+,33?,35-/m0/s1. The first-order valence-electron chi connectivity index (χ1n) is 14.4. The van der Waals surface area contributed by atoms with Gasteiger partial charge in [-0.3, -0.25) is 14.5 Å². The lowest BCUT2D eigenvalue weighted by atomic mass is 9.75. The molecule has 0 saturated carbocycles. The molecule has 0 radical (unpaired) electrons. The van der Waals surface area contributed by atoms with Crippen LogP contribution >= 0.6 is 11.8 Å². The van der Waals surface area contributed by atoms with Crippen molar-refractivity contribution in [3.05, 3.63) is 99.6 Å². The molecule has 2 aliphatic carbocycles. The first-order valence-corrected chi connectivity index (χ1v) is 15.4. The average molecular weight is 617 g/mol. The minimum Gasteiger partial charge on any atom is -0.507 e. The van der Waals surface area contributed by atoms with Crippen molar-refractivity contribution in [1.29, 1.82) is 0 Å². The molecule has 1 fully saturated rings. The van der Waals surface area contributed by atoms with Crippen LogP contribution in [0.5, 0.6) is 5.75 Å². The van der Waals surface area contributed by atoms with Crippen molar-refractivity contribution in [2.24, 2.45) is 0 Å². The Morgan fingerprint density at radius 3 is 2.44 bits per heavy atom. The van der Waals surface area contributed by atoms with Crippen molar-refractivity contribution in [3.63, 3.8) is 0 Å². The molecule has 0 aromatic heterocycles. The molecule has 1 saturated heterocycles. The maximum absolute atomic E-state index is 14.2. The second-order valence-corrected chi connectivity index (χ2v) is 12.5. The van der Waals surface area contributed by atoms with Gasteiger partial charge >= 0.3 is 6.09 Å². The van der Waals surface area contributed by atoms with Crippen LogP contribution in [0.2, 0.25) is 0 Å². The van der Waals surface area contributed by atoms with Gasteiger partial charge in [0.1, 0.15) is 24.5 Å². The molecule has 45 heavy (non-hydrogen) atoms. The number of anilines is 1. The van der Waals surface area contributed by atoms with E-state index in [4.69, 9.17) is 9.47 Å². The minimum atomic E-state index is -1.31. The lowest BCUT2D eigenvalue weighted by Gasteiger charge is -2.32. The Morgan fingerprint density at radius 1 is 1.02 bits per heavy atom. The summed E-state index contributed by atoms with van der Waals surface area (Å²) in [7, 11) is 0. The molecule has 1 amide bonds. The first kappa shape index (κ1) is 27.5. The summed E-state index contributed by atoms with van der Waals surface area (Å²) in [6, 6.07) is 13.9. The van der Waals surface area contributed by atoms with Gasteiger partial charge in [0.25, 0.3) is 0 Å². The van der Waals surface area contributed by atoms with E-state index in [1.807, 2.05) is 30.3 Å². The second kappa shape index (κ2) is 10.3. The number of hydrogen-bond donors (Lipinski definition) is 3. The Balaban J connectivity index is 1.09. The number of aliphatic hydroxyl groups excluding tert-OH is 1. The van der Waals surface area contributed by atoms with Gasteiger partial charge in [-0.1, -0.05) is 41.9 Å². The predicted octanol–water partition coefficient (Wildman–Crippen LogP) is 3.74. The van der Waals surface area contributed by atoms with Crippen LogP contribution in [0.1, 0.15) is 48.5 Å². The molecule has 3 N–H and O–H groups in total. The number of nitrogens with zero attached hydrogens (tertiary/aromatic N) is 1. The fraction of sp³-hybridized carbons (Fsp3) is 0.229. The van der Waals surface area contributed by atoms with E-state index in [0.29, 0.717) is 11.3 Å². The van der Waals surface area contributed by atoms with Crippen molar-refractivity contribution in [3.8, 4) is 29.4 Å². The second-order valence-electron chi connectivity index (χ2n) is 11.3. The smallest absolute Gasteiger partial charge is 0.410 e. The fourth-order valence-electron chi connectivity index (χ4n) is 6.58. The van der Waals surface area contributed by atoms with Crippen molar-refractivity contribution >= 4 is 35.1 Å². The molecule has 3 aliphatic heterocycles. The SMILES string of the molecule is O=C1c2cc3c(cc2C(=O)c2c4c(cc(O)c21)[C@@]12OC1[C@H](C#C/C=C\C#C[C@H]2O)N4)CN(C(=O)OCCSc1ccccc1)C3. The number of ketones is 2. The molecule has 222 valence electrons. The van der Waals surface area contributed by atoms with E-state index in [-0.39, 0.29) is 53.4 Å². The molecule has 2 bridgehead atoms. The molecule has 3 aromatic carbocycles. The highest BCUT2D eigenvalue weighted by molar-refractivity contribution is 7.99. The highest BCUT2D eigenvalue weighted by Crippen LogP contribution is 2.59. The van der Waals surface area contributed by atoms with Gasteiger partial charge in [0, 0.05) is 40.4 Å². The molecular formula is C35H24N2O7S. The maximum Gasteiger partial charge on any atom is 0.410 e. The third-order valence-electron chi connectivity index (χ3n) is 8.72. The van der Waals surface area contributed by atoms with Gasteiger partial charge in [-0.05, 0) is 53.6 Å². The van der Waals surface area contributed by atoms with Gasteiger partial charge in [0.15, 0.2) is 23.3 Å². The summed E-state index contributed by atoms with van der Waals surface area (Å²) >= 11 is 1.59. The number of rotatable bonds is 4. The number of ether oxygens (including phenoxy) is 2. The highest BCUT2D eigenvalue weighted by Gasteiger charge is 2.69. The molecule has 0 spiro atoms. The van der Waals surface area contributed by atoms with E-state index < -0.39 is 41.5 Å². The average Bonchev–Trinajstić information content (AvgIpc) is 3.69. The van der Waals surface area contributed by atoms with Crippen LogP contribution in [0.3, 0.4) is 0 Å². The predicted molar refractivity (Wildman–Crippen MR) is 164 cm³/mol. The first-order chi connectivity index (χ1) is 21.9. The number of thioether (sulfide) groups is 1. The van der Waals surface area contributed by atoms with Crippen molar-refractivity contribution in [2.75, 3.05) is 17.7 Å². The van der Waals surface area contributed by atoms with E-state index in [9.17, 15) is 24.6 Å². The zero-order valence-electron chi connectivity index (χ0n) is 23.6. The van der Waals surface area contributed by atoms with Gasteiger partial charge in [0.05, 0.1) is 16.8 Å². The number of nitrogens with one attached hydrogen (secondary N) is 1. The van der Waals surface area contributed by atoms with Crippen molar-refractivity contribution in [2.45, 2.75) is 41.8 Å². The normalized spacial score (nSPS) is 25.0. The van der Waals surface area contributed by atoms with Gasteiger partial charge in [-0.15, -0.1) is 11.8 Å². The van der Waals surface area contributed by atoms with Gasteiger partial charge in [-0.25, -0.2) is 4.79 Å².